The number of para-hydroxylation sites is 1. The first-order valence-electron chi connectivity index (χ1n) is 8.31. The maximum absolute atomic E-state index is 12.6. The molecule has 4 rings (SSSR count). The highest BCUT2D eigenvalue weighted by molar-refractivity contribution is 5.86. The molecule has 1 fully saturated rings. The van der Waals surface area contributed by atoms with E-state index in [0.29, 0.717) is 30.8 Å². The fourth-order valence-electron chi connectivity index (χ4n) is 3.35. The molecule has 1 aromatic carbocycles. The summed E-state index contributed by atoms with van der Waals surface area (Å²) < 4.78 is 10.5. The number of aromatic nitrogens is 2. The molecule has 3 heterocycles. The monoisotopic (exact) mass is 341 g/mol. The number of β-amino-alcohol motifs (C(OH)–C–C–N with tert-alkyl or cyclic N) is 1. The van der Waals surface area contributed by atoms with E-state index in [4.69, 9.17) is 9.05 Å². The molecule has 25 heavy (non-hydrogen) atoms. The number of nitrogens with zero attached hydrogens (tertiary/aromatic N) is 3. The molecular formula is C18H19N3O4. The number of fused-ring (bicyclic) bond motifs is 1. The van der Waals surface area contributed by atoms with E-state index in [1.165, 1.54) is 0 Å². The van der Waals surface area contributed by atoms with Gasteiger partial charge in [0, 0.05) is 36.9 Å². The number of amides is 1. The average Bonchev–Trinajstić information content (AvgIpc) is 3.29. The van der Waals surface area contributed by atoms with Gasteiger partial charge in [-0.25, -0.2) is 0 Å². The Hall–Kier alpha value is -2.67. The summed E-state index contributed by atoms with van der Waals surface area (Å²) in [5.74, 6) is 0.623. The Morgan fingerprint density at radius 2 is 2.12 bits per heavy atom. The molecule has 3 aromatic rings. The molecule has 2 atom stereocenters. The Kier molecular flexibility index (Phi) is 4.01. The maximum Gasteiger partial charge on any atom is 0.228 e. The van der Waals surface area contributed by atoms with Crippen LogP contribution in [-0.4, -0.2) is 45.4 Å². The molecule has 7 heteroatoms. The normalized spacial score (nSPS) is 20.5. The van der Waals surface area contributed by atoms with Crippen LogP contribution in [-0.2, 0) is 17.6 Å². The van der Waals surface area contributed by atoms with Gasteiger partial charge in [-0.2, -0.15) is 0 Å². The van der Waals surface area contributed by atoms with Gasteiger partial charge >= 0.3 is 0 Å². The van der Waals surface area contributed by atoms with Crippen LogP contribution >= 0.6 is 0 Å². The molecule has 1 saturated heterocycles. The first-order chi connectivity index (χ1) is 12.1. The zero-order valence-corrected chi connectivity index (χ0v) is 13.9. The fourth-order valence-corrected chi connectivity index (χ4v) is 3.35. The van der Waals surface area contributed by atoms with Gasteiger partial charge in [0.15, 0.2) is 5.58 Å². The number of aliphatic hydroxyl groups is 1. The van der Waals surface area contributed by atoms with E-state index in [1.807, 2.05) is 37.3 Å². The van der Waals surface area contributed by atoms with Crippen molar-refractivity contribution in [3.63, 3.8) is 0 Å². The Bertz CT molecular complexity index is 901. The van der Waals surface area contributed by atoms with E-state index >= 15 is 0 Å². The molecule has 0 spiro atoms. The summed E-state index contributed by atoms with van der Waals surface area (Å²) in [7, 11) is 0. The van der Waals surface area contributed by atoms with E-state index in [1.54, 1.807) is 4.90 Å². The zero-order chi connectivity index (χ0) is 17.4. The molecule has 0 radical (unpaired) electrons. The summed E-state index contributed by atoms with van der Waals surface area (Å²) in [6, 6.07) is 9.33. The topological polar surface area (TPSA) is 92.6 Å². The molecule has 0 aliphatic carbocycles. The Labute approximate surface area is 144 Å². The average molecular weight is 341 g/mol. The quantitative estimate of drug-likeness (QED) is 0.777. The van der Waals surface area contributed by atoms with E-state index in [0.717, 1.165) is 16.8 Å². The third kappa shape index (κ3) is 3.15. The van der Waals surface area contributed by atoms with Gasteiger partial charge in [-0.1, -0.05) is 22.4 Å². The SMILES string of the molecule is Cc1cc(C[C@@H]2CN(C(=O)Cc3noc4ccccc34)C[C@@H]2O)on1. The van der Waals surface area contributed by atoms with Crippen LogP contribution in [0.5, 0.6) is 0 Å². The van der Waals surface area contributed by atoms with E-state index in [-0.39, 0.29) is 18.2 Å². The molecule has 7 nitrogen and oxygen atoms in total. The number of hydrogen-bond donors (Lipinski definition) is 1. The summed E-state index contributed by atoms with van der Waals surface area (Å²) in [6.07, 6.45) is 0.166. The summed E-state index contributed by atoms with van der Waals surface area (Å²) >= 11 is 0. The second kappa shape index (κ2) is 6.33. The lowest BCUT2D eigenvalue weighted by molar-refractivity contribution is -0.129. The lowest BCUT2D eigenvalue weighted by Gasteiger charge is -2.15. The van der Waals surface area contributed by atoms with Crippen molar-refractivity contribution < 1.29 is 18.9 Å². The minimum Gasteiger partial charge on any atom is -0.391 e. The van der Waals surface area contributed by atoms with E-state index in [2.05, 4.69) is 10.3 Å². The van der Waals surface area contributed by atoms with E-state index in [9.17, 15) is 9.90 Å². The van der Waals surface area contributed by atoms with Gasteiger partial charge in [-0.05, 0) is 19.1 Å². The molecule has 0 unspecified atom stereocenters. The van der Waals surface area contributed by atoms with Gasteiger partial charge in [-0.3, -0.25) is 4.79 Å². The van der Waals surface area contributed by atoms with Gasteiger partial charge in [0.2, 0.25) is 5.91 Å². The van der Waals surface area contributed by atoms with Crippen LogP contribution in [0.25, 0.3) is 11.0 Å². The first-order valence-corrected chi connectivity index (χ1v) is 8.31. The van der Waals surface area contributed by atoms with Crippen LogP contribution in [0, 0.1) is 12.8 Å². The van der Waals surface area contributed by atoms with Crippen LogP contribution in [0.15, 0.2) is 39.4 Å². The lowest BCUT2D eigenvalue weighted by Crippen LogP contribution is -2.31. The summed E-state index contributed by atoms with van der Waals surface area (Å²) in [4.78, 5) is 14.3. The van der Waals surface area contributed by atoms with E-state index < -0.39 is 6.10 Å². The van der Waals surface area contributed by atoms with Crippen molar-refractivity contribution >= 4 is 16.9 Å². The largest absolute Gasteiger partial charge is 0.391 e. The molecule has 1 aliphatic heterocycles. The third-order valence-electron chi connectivity index (χ3n) is 4.67. The minimum atomic E-state index is -0.566. The second-order valence-electron chi connectivity index (χ2n) is 6.57. The minimum absolute atomic E-state index is 0.0506. The molecule has 1 aliphatic rings. The van der Waals surface area contributed by atoms with Crippen molar-refractivity contribution in [3.8, 4) is 0 Å². The predicted molar refractivity (Wildman–Crippen MR) is 88.7 cm³/mol. The molecule has 2 aromatic heterocycles. The third-order valence-corrected chi connectivity index (χ3v) is 4.67. The van der Waals surface area contributed by atoms with Crippen molar-refractivity contribution in [1.82, 2.24) is 15.2 Å². The number of rotatable bonds is 4. The lowest BCUT2D eigenvalue weighted by atomic mass is 10.0. The predicted octanol–water partition coefficient (Wildman–Crippen LogP) is 1.73. The van der Waals surface area contributed by atoms with Crippen LogP contribution in [0.3, 0.4) is 0 Å². The van der Waals surface area contributed by atoms with Gasteiger partial charge in [-0.15, -0.1) is 0 Å². The second-order valence-corrected chi connectivity index (χ2v) is 6.57. The Morgan fingerprint density at radius 3 is 2.92 bits per heavy atom. The summed E-state index contributed by atoms with van der Waals surface area (Å²) in [6.45, 7) is 2.68. The summed E-state index contributed by atoms with van der Waals surface area (Å²) in [5, 5.41) is 19.0. The van der Waals surface area contributed by atoms with Crippen molar-refractivity contribution in [2.75, 3.05) is 13.1 Å². The number of aliphatic hydroxyl groups excluding tert-OH is 1. The van der Waals surface area contributed by atoms with Gasteiger partial charge in [0.1, 0.15) is 11.5 Å². The zero-order valence-electron chi connectivity index (χ0n) is 13.9. The van der Waals surface area contributed by atoms with Crippen molar-refractivity contribution in [2.24, 2.45) is 5.92 Å². The number of hydrogen-bond acceptors (Lipinski definition) is 6. The van der Waals surface area contributed by atoms with Crippen molar-refractivity contribution in [3.05, 3.63) is 47.5 Å². The first kappa shape index (κ1) is 15.8. The Morgan fingerprint density at radius 1 is 1.28 bits per heavy atom. The highest BCUT2D eigenvalue weighted by Crippen LogP contribution is 2.24. The molecule has 1 amide bonds. The van der Waals surface area contributed by atoms with Crippen molar-refractivity contribution in [1.29, 1.82) is 0 Å². The van der Waals surface area contributed by atoms with Crippen molar-refractivity contribution in [2.45, 2.75) is 25.9 Å². The standard InChI is InChI=1S/C18H19N3O4/c1-11-6-13(24-19-11)7-12-9-21(10-16(12)22)18(23)8-15-14-4-2-3-5-17(14)25-20-15/h2-6,12,16,22H,7-10H2,1H3/t12-,16+/m1/s1. The number of carbonyl (C=O) groups is 1. The smallest absolute Gasteiger partial charge is 0.228 e. The number of aryl methyl sites for hydroxylation is 1. The van der Waals surface area contributed by atoms with Crippen LogP contribution in [0.2, 0.25) is 0 Å². The number of carbonyl (C=O) groups excluding carboxylic acids is 1. The number of benzene rings is 1. The molecular weight excluding hydrogens is 322 g/mol. The highest BCUT2D eigenvalue weighted by Gasteiger charge is 2.35. The highest BCUT2D eigenvalue weighted by atomic mass is 16.5. The fraction of sp³-hybridized carbons (Fsp3) is 0.389. The molecule has 130 valence electrons. The Balaban J connectivity index is 1.42. The van der Waals surface area contributed by atoms with Gasteiger partial charge in [0.05, 0.1) is 18.2 Å². The van der Waals surface area contributed by atoms with Gasteiger partial charge in [0.25, 0.3) is 0 Å². The molecule has 0 saturated carbocycles. The maximum atomic E-state index is 12.6. The van der Waals surface area contributed by atoms with Gasteiger partial charge < -0.3 is 19.1 Å². The van der Waals surface area contributed by atoms with Crippen LogP contribution < -0.4 is 0 Å². The number of likely N-dealkylation sites (tertiary alicyclic amines) is 1. The van der Waals surface area contributed by atoms with Crippen LogP contribution in [0.4, 0.5) is 0 Å². The molecule has 0 bridgehead atoms. The molecule has 1 N–H and O–H groups in total. The van der Waals surface area contributed by atoms with Crippen LogP contribution in [0.1, 0.15) is 17.1 Å². The summed E-state index contributed by atoms with van der Waals surface area (Å²) in [5.41, 5.74) is 2.11.